The monoisotopic (exact) mass is 492 g/mol. The summed E-state index contributed by atoms with van der Waals surface area (Å²) in [5.41, 5.74) is 9.76. The Morgan fingerprint density at radius 2 is 1.27 bits per heavy atom. The van der Waals surface area contributed by atoms with E-state index in [1.54, 1.807) is 0 Å². The number of hydrogen-bond acceptors (Lipinski definition) is 3. The molecule has 3 heteroatoms. The van der Waals surface area contributed by atoms with Gasteiger partial charge in [0.25, 0.3) is 0 Å². The minimum atomic E-state index is 0.0807. The van der Waals surface area contributed by atoms with Gasteiger partial charge in [0.05, 0.1) is 11.8 Å². The van der Waals surface area contributed by atoms with Crippen molar-refractivity contribution in [2.75, 3.05) is 0 Å². The average Bonchev–Trinajstić information content (AvgIpc) is 2.90. The highest BCUT2D eigenvalue weighted by molar-refractivity contribution is 5.70. The van der Waals surface area contributed by atoms with Gasteiger partial charge in [-0.05, 0) is 55.9 Å². The van der Waals surface area contributed by atoms with Crippen molar-refractivity contribution in [1.29, 1.82) is 0 Å². The van der Waals surface area contributed by atoms with Crippen LogP contribution in [-0.2, 0) is 32.5 Å². The molecule has 0 aliphatic heterocycles. The summed E-state index contributed by atoms with van der Waals surface area (Å²) in [7, 11) is 0. The number of hydrogen-bond donors (Lipinski definition) is 0. The number of rotatable bonds is 11. The first-order valence-corrected chi connectivity index (χ1v) is 13.6. The van der Waals surface area contributed by atoms with Crippen molar-refractivity contribution < 1.29 is 4.74 Å². The van der Waals surface area contributed by atoms with Gasteiger partial charge in [0, 0.05) is 42.5 Å². The first kappa shape index (κ1) is 26.6. The molecule has 0 radical (unpaired) electrons. The van der Waals surface area contributed by atoms with Crippen LogP contribution in [0.5, 0.6) is 5.75 Å². The molecule has 37 heavy (non-hydrogen) atoms. The molecule has 0 aliphatic carbocycles. The number of nitrogens with zero attached hydrogens (tertiary/aromatic N) is 2. The number of pyridine rings is 1. The van der Waals surface area contributed by atoms with Crippen molar-refractivity contribution in [3.05, 3.63) is 118 Å². The van der Waals surface area contributed by atoms with E-state index in [-0.39, 0.29) is 6.10 Å². The van der Waals surface area contributed by atoms with Gasteiger partial charge in [-0.2, -0.15) is 0 Å². The molecule has 1 heterocycles. The topological polar surface area (TPSA) is 25.4 Å². The lowest BCUT2D eigenvalue weighted by Gasteiger charge is -2.26. The van der Waals surface area contributed by atoms with Crippen LogP contribution in [-0.4, -0.2) is 16.0 Å². The lowest BCUT2D eigenvalue weighted by molar-refractivity contribution is 0.219. The minimum Gasteiger partial charge on any atom is -0.491 e. The smallest absolute Gasteiger partial charge is 0.128 e. The number of aromatic nitrogens is 1. The molecule has 0 saturated heterocycles. The maximum absolute atomic E-state index is 6.47. The molecule has 0 N–H and O–H groups in total. The summed E-state index contributed by atoms with van der Waals surface area (Å²) < 4.78 is 6.47. The quantitative estimate of drug-likeness (QED) is 0.211. The normalized spacial score (nSPS) is 11.3. The summed E-state index contributed by atoms with van der Waals surface area (Å²) in [5.74, 6) is 0.941. The van der Waals surface area contributed by atoms with Crippen molar-refractivity contribution in [2.45, 2.75) is 73.2 Å². The Bertz CT molecular complexity index is 1220. The van der Waals surface area contributed by atoms with Crippen LogP contribution in [0.15, 0.2) is 84.9 Å². The second-order valence-corrected chi connectivity index (χ2v) is 10.0. The molecule has 0 spiro atoms. The van der Waals surface area contributed by atoms with Gasteiger partial charge in [-0.25, -0.2) is 0 Å². The molecule has 192 valence electrons. The molecule has 0 saturated carbocycles. The van der Waals surface area contributed by atoms with Gasteiger partial charge in [0.1, 0.15) is 5.75 Å². The van der Waals surface area contributed by atoms with Gasteiger partial charge >= 0.3 is 0 Å². The highest BCUT2D eigenvalue weighted by atomic mass is 16.5. The first-order chi connectivity index (χ1) is 18.0. The van der Waals surface area contributed by atoms with Crippen molar-refractivity contribution in [1.82, 2.24) is 9.88 Å². The molecular formula is C34H40N2O. The van der Waals surface area contributed by atoms with Crippen LogP contribution in [0.2, 0.25) is 0 Å². The number of ether oxygens (including phenoxy) is 1. The summed E-state index contributed by atoms with van der Waals surface area (Å²) >= 11 is 0. The molecule has 0 bridgehead atoms. The van der Waals surface area contributed by atoms with E-state index in [4.69, 9.17) is 9.72 Å². The molecule has 0 amide bonds. The van der Waals surface area contributed by atoms with E-state index < -0.39 is 0 Å². The molecule has 0 aliphatic rings. The van der Waals surface area contributed by atoms with Crippen molar-refractivity contribution in [3.63, 3.8) is 0 Å². The Hall–Kier alpha value is -3.43. The molecule has 1 aromatic heterocycles. The number of benzene rings is 3. The zero-order valence-electron chi connectivity index (χ0n) is 23.0. The van der Waals surface area contributed by atoms with Gasteiger partial charge in [0.2, 0.25) is 0 Å². The first-order valence-electron chi connectivity index (χ1n) is 13.6. The van der Waals surface area contributed by atoms with E-state index in [1.807, 2.05) is 0 Å². The van der Waals surface area contributed by atoms with Crippen LogP contribution in [0, 0.1) is 6.92 Å². The maximum Gasteiger partial charge on any atom is 0.128 e. The lowest BCUT2D eigenvalue weighted by atomic mass is 9.94. The van der Waals surface area contributed by atoms with Crippen LogP contribution in [0.25, 0.3) is 11.3 Å². The predicted octanol–water partition coefficient (Wildman–Crippen LogP) is 8.17. The van der Waals surface area contributed by atoms with Crippen LogP contribution < -0.4 is 4.74 Å². The minimum absolute atomic E-state index is 0.0807. The third-order valence-electron chi connectivity index (χ3n) is 6.79. The van der Waals surface area contributed by atoms with E-state index in [0.29, 0.717) is 0 Å². The van der Waals surface area contributed by atoms with E-state index in [0.717, 1.165) is 55.2 Å². The van der Waals surface area contributed by atoms with Crippen LogP contribution in [0.4, 0.5) is 0 Å². The van der Waals surface area contributed by atoms with Crippen LogP contribution >= 0.6 is 0 Å². The molecule has 4 rings (SSSR count). The average molecular weight is 493 g/mol. The zero-order chi connectivity index (χ0) is 26.2. The summed E-state index contributed by atoms with van der Waals surface area (Å²) in [6, 6.07) is 30.2. The van der Waals surface area contributed by atoms with Gasteiger partial charge in [0.15, 0.2) is 0 Å². The Balaban J connectivity index is 1.76. The van der Waals surface area contributed by atoms with E-state index >= 15 is 0 Å². The summed E-state index contributed by atoms with van der Waals surface area (Å²) in [6.45, 7) is 13.3. The Morgan fingerprint density at radius 1 is 0.730 bits per heavy atom. The van der Waals surface area contributed by atoms with Gasteiger partial charge in [-0.1, -0.05) is 92.7 Å². The van der Waals surface area contributed by atoms with Gasteiger partial charge < -0.3 is 4.74 Å². The number of aryl methyl sites for hydroxylation is 3. The highest BCUT2D eigenvalue weighted by Gasteiger charge is 2.20. The van der Waals surface area contributed by atoms with E-state index in [1.165, 1.54) is 27.8 Å². The fraction of sp³-hybridized carbons (Fsp3) is 0.324. The summed E-state index contributed by atoms with van der Waals surface area (Å²) in [4.78, 5) is 7.67. The summed E-state index contributed by atoms with van der Waals surface area (Å²) in [6.07, 6.45) is 2.04. The SMILES string of the molecule is CCc1cccc(CC)c1-c1cc(OC(C)C)c(CN(Cc2ccccc2)Cc2ccccc2)c(C)n1. The summed E-state index contributed by atoms with van der Waals surface area (Å²) in [5, 5.41) is 0. The Labute approximate surface area is 223 Å². The van der Waals surface area contributed by atoms with Crippen LogP contribution in [0.1, 0.15) is 61.2 Å². The standard InChI is InChI=1S/C34H40N2O/c1-6-29-19-14-20-30(7-2)34(29)32-21-33(37-25(3)4)31(26(5)35-32)24-36(22-27-15-10-8-11-16-27)23-28-17-12-9-13-18-28/h8-21,25H,6-7,22-24H2,1-5H3. The molecule has 0 atom stereocenters. The fourth-order valence-corrected chi connectivity index (χ4v) is 5.00. The van der Waals surface area contributed by atoms with Gasteiger partial charge in [-0.15, -0.1) is 0 Å². The maximum atomic E-state index is 6.47. The Kier molecular flexibility index (Phi) is 9.14. The molecule has 0 fully saturated rings. The van der Waals surface area contributed by atoms with E-state index in [2.05, 4.69) is 124 Å². The zero-order valence-corrected chi connectivity index (χ0v) is 23.0. The third kappa shape index (κ3) is 6.87. The lowest BCUT2D eigenvalue weighted by Crippen LogP contribution is -2.24. The predicted molar refractivity (Wildman–Crippen MR) is 155 cm³/mol. The van der Waals surface area contributed by atoms with Crippen molar-refractivity contribution >= 4 is 0 Å². The van der Waals surface area contributed by atoms with Gasteiger partial charge in [-0.3, -0.25) is 9.88 Å². The third-order valence-corrected chi connectivity index (χ3v) is 6.79. The molecule has 3 aromatic carbocycles. The van der Waals surface area contributed by atoms with Crippen molar-refractivity contribution in [3.8, 4) is 17.0 Å². The Morgan fingerprint density at radius 3 is 1.76 bits per heavy atom. The van der Waals surface area contributed by atoms with Crippen molar-refractivity contribution in [2.24, 2.45) is 0 Å². The molecule has 3 nitrogen and oxygen atoms in total. The largest absolute Gasteiger partial charge is 0.491 e. The van der Waals surface area contributed by atoms with E-state index in [9.17, 15) is 0 Å². The second-order valence-electron chi connectivity index (χ2n) is 10.0. The molecular weight excluding hydrogens is 452 g/mol. The second kappa shape index (κ2) is 12.7. The van der Waals surface area contributed by atoms with Crippen LogP contribution in [0.3, 0.4) is 0 Å². The fourth-order valence-electron chi connectivity index (χ4n) is 5.00. The molecule has 0 unspecified atom stereocenters. The highest BCUT2D eigenvalue weighted by Crippen LogP contribution is 2.34. The molecule has 4 aromatic rings.